The van der Waals surface area contributed by atoms with Crippen molar-refractivity contribution in [3.63, 3.8) is 0 Å². The summed E-state index contributed by atoms with van der Waals surface area (Å²) < 4.78 is 5.25. The maximum absolute atomic E-state index is 5.43. The van der Waals surface area contributed by atoms with Crippen LogP contribution in [0.4, 0.5) is 0 Å². The van der Waals surface area contributed by atoms with Gasteiger partial charge in [0, 0.05) is 17.5 Å². The van der Waals surface area contributed by atoms with Crippen molar-refractivity contribution in [3.05, 3.63) is 42.0 Å². The van der Waals surface area contributed by atoms with Crippen LogP contribution in [-0.4, -0.2) is 18.6 Å². The van der Waals surface area contributed by atoms with Crippen molar-refractivity contribution in [1.29, 1.82) is 0 Å². The van der Waals surface area contributed by atoms with Gasteiger partial charge in [-0.3, -0.25) is 0 Å². The van der Waals surface area contributed by atoms with Crippen LogP contribution in [0.5, 0.6) is 5.88 Å². The highest BCUT2D eigenvalue weighted by atomic mass is 16.5. The van der Waals surface area contributed by atoms with Crippen molar-refractivity contribution >= 4 is 17.0 Å². The van der Waals surface area contributed by atoms with Gasteiger partial charge in [0.2, 0.25) is 5.88 Å². The van der Waals surface area contributed by atoms with E-state index in [1.165, 1.54) is 0 Å². The van der Waals surface area contributed by atoms with Gasteiger partial charge in [-0.25, -0.2) is 4.98 Å². The predicted molar refractivity (Wildman–Crippen MR) is 66.4 cm³/mol. The van der Waals surface area contributed by atoms with Crippen LogP contribution in [0.25, 0.3) is 17.0 Å². The number of aromatic nitrogens is 1. The Hall–Kier alpha value is -1.87. The molecule has 0 amide bonds. The Bertz CT molecular complexity index is 520. The first-order valence-electron chi connectivity index (χ1n) is 5.15. The van der Waals surface area contributed by atoms with Crippen LogP contribution in [0.1, 0.15) is 5.56 Å². The lowest BCUT2D eigenvalue weighted by Crippen LogP contribution is -1.94. The molecule has 82 valence electrons. The van der Waals surface area contributed by atoms with Gasteiger partial charge < -0.3 is 10.5 Å². The molecule has 0 aliphatic carbocycles. The third kappa shape index (κ3) is 2.04. The fourth-order valence-corrected chi connectivity index (χ4v) is 1.59. The van der Waals surface area contributed by atoms with Crippen molar-refractivity contribution in [1.82, 2.24) is 4.98 Å². The van der Waals surface area contributed by atoms with Crippen LogP contribution in [-0.2, 0) is 0 Å². The molecule has 0 radical (unpaired) electrons. The zero-order valence-corrected chi connectivity index (χ0v) is 9.18. The van der Waals surface area contributed by atoms with Gasteiger partial charge in [0.25, 0.3) is 0 Å². The molecule has 1 aromatic carbocycles. The Labute approximate surface area is 94.6 Å². The summed E-state index contributed by atoms with van der Waals surface area (Å²) in [4.78, 5) is 4.43. The molecule has 0 saturated heterocycles. The topological polar surface area (TPSA) is 48.1 Å². The first-order valence-corrected chi connectivity index (χ1v) is 5.15. The Morgan fingerprint density at radius 3 is 2.94 bits per heavy atom. The molecule has 0 atom stereocenters. The Balaban J connectivity index is 2.58. The number of rotatable bonds is 3. The molecule has 3 nitrogen and oxygen atoms in total. The first kappa shape index (κ1) is 10.6. The molecule has 1 aromatic heterocycles. The minimum atomic E-state index is 0.510. The Kier molecular flexibility index (Phi) is 3.17. The molecule has 0 saturated carbocycles. The quantitative estimate of drug-likeness (QED) is 0.852. The van der Waals surface area contributed by atoms with E-state index in [0.717, 1.165) is 16.5 Å². The maximum atomic E-state index is 5.43. The summed E-state index contributed by atoms with van der Waals surface area (Å²) >= 11 is 0. The van der Waals surface area contributed by atoms with Crippen molar-refractivity contribution in [2.24, 2.45) is 5.73 Å². The van der Waals surface area contributed by atoms with Gasteiger partial charge >= 0.3 is 0 Å². The summed E-state index contributed by atoms with van der Waals surface area (Å²) in [6.45, 7) is 0.510. The van der Waals surface area contributed by atoms with E-state index in [0.29, 0.717) is 12.4 Å². The molecule has 3 heteroatoms. The molecular weight excluding hydrogens is 200 g/mol. The van der Waals surface area contributed by atoms with Gasteiger partial charge in [0.15, 0.2) is 0 Å². The number of hydrogen-bond donors (Lipinski definition) is 1. The summed E-state index contributed by atoms with van der Waals surface area (Å²) in [5.74, 6) is 0.628. The third-order valence-electron chi connectivity index (χ3n) is 2.34. The molecule has 0 fully saturated rings. The molecule has 0 unspecified atom stereocenters. The van der Waals surface area contributed by atoms with Crippen LogP contribution in [0.2, 0.25) is 0 Å². The molecule has 16 heavy (non-hydrogen) atoms. The fourth-order valence-electron chi connectivity index (χ4n) is 1.59. The lowest BCUT2D eigenvalue weighted by atomic mass is 10.1. The second kappa shape index (κ2) is 4.77. The van der Waals surface area contributed by atoms with E-state index >= 15 is 0 Å². The van der Waals surface area contributed by atoms with Crippen molar-refractivity contribution < 1.29 is 4.74 Å². The Morgan fingerprint density at radius 1 is 1.38 bits per heavy atom. The molecule has 1 heterocycles. The number of ether oxygens (including phenoxy) is 1. The van der Waals surface area contributed by atoms with Gasteiger partial charge in [-0.15, -0.1) is 0 Å². The van der Waals surface area contributed by atoms with Crippen LogP contribution in [0.15, 0.2) is 36.4 Å². The highest BCUT2D eigenvalue weighted by Crippen LogP contribution is 2.22. The monoisotopic (exact) mass is 214 g/mol. The minimum absolute atomic E-state index is 0.510. The van der Waals surface area contributed by atoms with Gasteiger partial charge in [0.1, 0.15) is 0 Å². The largest absolute Gasteiger partial charge is 0.481 e. The molecular formula is C13H14N2O. The van der Waals surface area contributed by atoms with E-state index < -0.39 is 0 Å². The first-order chi connectivity index (χ1) is 7.85. The highest BCUT2D eigenvalue weighted by Gasteiger charge is 2.03. The zero-order chi connectivity index (χ0) is 11.4. The van der Waals surface area contributed by atoms with Crippen molar-refractivity contribution in [2.45, 2.75) is 0 Å². The third-order valence-corrected chi connectivity index (χ3v) is 2.34. The van der Waals surface area contributed by atoms with Crippen LogP contribution < -0.4 is 10.5 Å². The van der Waals surface area contributed by atoms with Crippen molar-refractivity contribution in [3.8, 4) is 5.88 Å². The molecule has 0 aliphatic heterocycles. The molecule has 2 rings (SSSR count). The smallest absolute Gasteiger partial charge is 0.221 e. The zero-order valence-electron chi connectivity index (χ0n) is 9.18. The predicted octanol–water partition coefficient (Wildman–Crippen LogP) is 2.22. The number of fused-ring (bicyclic) bond motifs is 1. The average Bonchev–Trinajstić information content (AvgIpc) is 2.35. The van der Waals surface area contributed by atoms with Gasteiger partial charge in [-0.2, -0.15) is 0 Å². The molecule has 2 N–H and O–H groups in total. The number of hydrogen-bond acceptors (Lipinski definition) is 3. The standard InChI is InChI=1S/C13H14N2O/c1-16-13-11(6-4-8-14)9-10-5-2-3-7-12(10)15-13/h2-7,9H,8,14H2,1H3/b6-4+. The van der Waals surface area contributed by atoms with E-state index in [4.69, 9.17) is 10.5 Å². The summed E-state index contributed by atoms with van der Waals surface area (Å²) in [7, 11) is 1.62. The van der Waals surface area contributed by atoms with Gasteiger partial charge in [-0.1, -0.05) is 30.4 Å². The maximum Gasteiger partial charge on any atom is 0.221 e. The van der Waals surface area contributed by atoms with Crippen LogP contribution in [0.3, 0.4) is 0 Å². The number of nitrogens with two attached hydrogens (primary N) is 1. The number of nitrogens with zero attached hydrogens (tertiary/aromatic N) is 1. The summed E-state index contributed by atoms with van der Waals surface area (Å²) in [5.41, 5.74) is 7.32. The summed E-state index contributed by atoms with van der Waals surface area (Å²) in [6.07, 6.45) is 3.81. The lowest BCUT2D eigenvalue weighted by Gasteiger charge is -2.05. The second-order valence-electron chi connectivity index (χ2n) is 3.42. The minimum Gasteiger partial charge on any atom is -0.481 e. The van der Waals surface area contributed by atoms with Gasteiger partial charge in [0.05, 0.1) is 12.6 Å². The number of para-hydroxylation sites is 1. The number of benzene rings is 1. The number of methoxy groups -OCH3 is 1. The van der Waals surface area contributed by atoms with Gasteiger partial charge in [-0.05, 0) is 12.1 Å². The van der Waals surface area contributed by atoms with E-state index in [9.17, 15) is 0 Å². The highest BCUT2D eigenvalue weighted by molar-refractivity contribution is 5.82. The normalized spacial score (nSPS) is 11.1. The van der Waals surface area contributed by atoms with E-state index in [-0.39, 0.29) is 0 Å². The number of pyridine rings is 1. The second-order valence-corrected chi connectivity index (χ2v) is 3.42. The SMILES string of the molecule is COc1nc2ccccc2cc1/C=C/CN. The van der Waals surface area contributed by atoms with E-state index in [2.05, 4.69) is 4.98 Å². The van der Waals surface area contributed by atoms with Crippen molar-refractivity contribution in [2.75, 3.05) is 13.7 Å². The summed E-state index contributed by atoms with van der Waals surface area (Å²) in [5, 5.41) is 1.10. The lowest BCUT2D eigenvalue weighted by molar-refractivity contribution is 0.398. The molecule has 0 aliphatic rings. The van der Waals surface area contributed by atoms with E-state index in [1.54, 1.807) is 7.11 Å². The Morgan fingerprint density at radius 2 is 2.19 bits per heavy atom. The molecule has 0 spiro atoms. The average molecular weight is 214 g/mol. The molecule has 0 bridgehead atoms. The molecule has 2 aromatic rings. The van der Waals surface area contributed by atoms with Crippen LogP contribution >= 0.6 is 0 Å². The van der Waals surface area contributed by atoms with Crippen LogP contribution in [0, 0.1) is 0 Å². The summed E-state index contributed by atoms with van der Waals surface area (Å²) in [6, 6.07) is 10.0. The fraction of sp³-hybridized carbons (Fsp3) is 0.154. The van der Waals surface area contributed by atoms with E-state index in [1.807, 2.05) is 42.5 Å².